The Hall–Kier alpha value is -1.64. The molecule has 1 fully saturated rings. The summed E-state index contributed by atoms with van der Waals surface area (Å²) in [7, 11) is 0. The first-order valence-electron chi connectivity index (χ1n) is 6.02. The van der Waals surface area contributed by atoms with E-state index < -0.39 is 29.6 Å². The summed E-state index contributed by atoms with van der Waals surface area (Å²) in [6.07, 6.45) is -3.95. The number of carboxylic acids is 1. The largest absolute Gasteiger partial charge is 0.476 e. The van der Waals surface area contributed by atoms with E-state index in [0.29, 0.717) is 11.1 Å². The highest BCUT2D eigenvalue weighted by atomic mass is 19.4. The zero-order valence-corrected chi connectivity index (χ0v) is 10.9. The second-order valence-corrected chi connectivity index (χ2v) is 5.31. The molecule has 0 aromatic carbocycles. The van der Waals surface area contributed by atoms with E-state index in [2.05, 4.69) is 10.3 Å². The lowest BCUT2D eigenvalue weighted by Crippen LogP contribution is -2.26. The molecule has 0 saturated carbocycles. The summed E-state index contributed by atoms with van der Waals surface area (Å²) in [5, 5.41) is 15.1. The number of hydrogen-bond donors (Lipinski definition) is 1. The lowest BCUT2D eigenvalue weighted by atomic mass is 10.1. The monoisotopic (exact) mass is 293 g/mol. The van der Waals surface area contributed by atoms with E-state index in [-0.39, 0.29) is 12.1 Å². The number of carboxylic acid groups (broad SMARTS) is 1. The van der Waals surface area contributed by atoms with Crippen molar-refractivity contribution < 1.29 is 27.8 Å². The van der Waals surface area contributed by atoms with Crippen molar-refractivity contribution in [3.8, 4) is 0 Å². The lowest BCUT2D eigenvalue weighted by Gasteiger charge is -2.19. The molecule has 0 aliphatic carbocycles. The molecule has 1 N–H and O–H groups in total. The number of ether oxygens (including phenoxy) is 1. The Morgan fingerprint density at radius 3 is 2.65 bits per heavy atom. The molecule has 1 atom stereocenters. The second-order valence-electron chi connectivity index (χ2n) is 5.31. The van der Waals surface area contributed by atoms with E-state index in [4.69, 9.17) is 9.84 Å². The van der Waals surface area contributed by atoms with Gasteiger partial charge in [-0.2, -0.15) is 13.2 Å². The SMILES string of the molecule is CC1(C)CCC(Cn2nnc(C(=O)O)c2C(F)(F)F)O1. The molecule has 6 nitrogen and oxygen atoms in total. The van der Waals surface area contributed by atoms with Gasteiger partial charge in [-0.25, -0.2) is 9.48 Å². The van der Waals surface area contributed by atoms with Crippen LogP contribution in [0, 0.1) is 0 Å². The Kier molecular flexibility index (Phi) is 3.49. The number of hydrogen-bond acceptors (Lipinski definition) is 4. The summed E-state index contributed by atoms with van der Waals surface area (Å²) in [5.74, 6) is -1.75. The average Bonchev–Trinajstić information content (AvgIpc) is 2.82. The Morgan fingerprint density at radius 1 is 1.55 bits per heavy atom. The van der Waals surface area contributed by atoms with Crippen molar-refractivity contribution in [3.05, 3.63) is 11.4 Å². The zero-order valence-electron chi connectivity index (χ0n) is 10.9. The third-order valence-electron chi connectivity index (χ3n) is 3.14. The number of carbonyl (C=O) groups is 1. The molecule has 0 radical (unpaired) electrons. The molecule has 20 heavy (non-hydrogen) atoms. The summed E-state index contributed by atoms with van der Waals surface area (Å²) < 4.78 is 44.9. The van der Waals surface area contributed by atoms with Gasteiger partial charge >= 0.3 is 12.1 Å². The average molecular weight is 293 g/mol. The van der Waals surface area contributed by atoms with Gasteiger partial charge in [-0.1, -0.05) is 5.21 Å². The molecule has 112 valence electrons. The standard InChI is InChI=1S/C11H14F3N3O3/c1-10(2)4-3-6(20-10)5-17-8(11(12,13)14)7(9(18)19)15-16-17/h6H,3-5H2,1-2H3,(H,18,19). The van der Waals surface area contributed by atoms with Crippen LogP contribution in [0.1, 0.15) is 42.9 Å². The van der Waals surface area contributed by atoms with Gasteiger partial charge in [0.15, 0.2) is 5.69 Å². The van der Waals surface area contributed by atoms with Gasteiger partial charge in [-0.3, -0.25) is 0 Å². The van der Waals surface area contributed by atoms with E-state index in [1.54, 1.807) is 0 Å². The van der Waals surface area contributed by atoms with E-state index in [0.717, 1.165) is 6.42 Å². The Balaban J connectivity index is 2.27. The molecule has 1 saturated heterocycles. The van der Waals surface area contributed by atoms with Gasteiger partial charge in [0.25, 0.3) is 0 Å². The second kappa shape index (κ2) is 4.72. The van der Waals surface area contributed by atoms with Crippen LogP contribution in [0.5, 0.6) is 0 Å². The molecule has 2 rings (SSSR count). The molecule has 0 bridgehead atoms. The minimum absolute atomic E-state index is 0.168. The van der Waals surface area contributed by atoms with E-state index >= 15 is 0 Å². The van der Waals surface area contributed by atoms with Gasteiger partial charge in [-0.15, -0.1) is 5.10 Å². The van der Waals surface area contributed by atoms with Crippen molar-refractivity contribution in [3.63, 3.8) is 0 Å². The molecule has 1 aliphatic heterocycles. The van der Waals surface area contributed by atoms with Crippen LogP contribution >= 0.6 is 0 Å². The first kappa shape index (κ1) is 14.8. The fourth-order valence-corrected chi connectivity index (χ4v) is 2.26. The molecular weight excluding hydrogens is 279 g/mol. The third kappa shape index (κ3) is 2.92. The number of aromatic carboxylic acids is 1. The Bertz CT molecular complexity index is 525. The van der Waals surface area contributed by atoms with Crippen LogP contribution in [0.3, 0.4) is 0 Å². The number of nitrogens with zero attached hydrogens (tertiary/aromatic N) is 3. The summed E-state index contributed by atoms with van der Waals surface area (Å²) in [6, 6.07) is 0. The topological polar surface area (TPSA) is 77.2 Å². The maximum atomic E-state index is 12.9. The van der Waals surface area contributed by atoms with Crippen molar-refractivity contribution in [2.75, 3.05) is 0 Å². The third-order valence-corrected chi connectivity index (χ3v) is 3.14. The van der Waals surface area contributed by atoms with Gasteiger partial charge in [0.2, 0.25) is 5.69 Å². The molecule has 0 amide bonds. The first-order chi connectivity index (χ1) is 9.10. The molecular formula is C11H14F3N3O3. The predicted molar refractivity (Wildman–Crippen MR) is 60.2 cm³/mol. The summed E-state index contributed by atoms with van der Waals surface area (Å²) in [6.45, 7) is 3.53. The van der Waals surface area contributed by atoms with E-state index in [1.807, 2.05) is 13.8 Å². The molecule has 1 aromatic rings. The van der Waals surface area contributed by atoms with Gasteiger partial charge in [0.1, 0.15) is 0 Å². The van der Waals surface area contributed by atoms with Crippen LogP contribution in [0.2, 0.25) is 0 Å². The molecule has 1 unspecified atom stereocenters. The van der Waals surface area contributed by atoms with Crippen molar-refractivity contribution in [1.82, 2.24) is 15.0 Å². The van der Waals surface area contributed by atoms with Crippen molar-refractivity contribution in [2.24, 2.45) is 0 Å². The minimum Gasteiger partial charge on any atom is -0.476 e. The number of aromatic nitrogens is 3. The van der Waals surface area contributed by atoms with Crippen LogP contribution in [-0.4, -0.2) is 37.8 Å². The van der Waals surface area contributed by atoms with Crippen LogP contribution in [0.15, 0.2) is 0 Å². The summed E-state index contributed by atoms with van der Waals surface area (Å²) in [5.41, 5.74) is -2.83. The predicted octanol–water partition coefficient (Wildman–Crippen LogP) is 1.95. The van der Waals surface area contributed by atoms with Crippen LogP contribution in [0.25, 0.3) is 0 Å². The molecule has 0 spiro atoms. The summed E-state index contributed by atoms with van der Waals surface area (Å²) in [4.78, 5) is 10.8. The highest BCUT2D eigenvalue weighted by Crippen LogP contribution is 2.34. The number of rotatable bonds is 3. The van der Waals surface area contributed by atoms with Crippen LogP contribution in [-0.2, 0) is 17.5 Å². The zero-order chi connectivity index (χ0) is 15.1. The smallest absolute Gasteiger partial charge is 0.435 e. The van der Waals surface area contributed by atoms with E-state index in [1.165, 1.54) is 0 Å². The number of alkyl halides is 3. The fraction of sp³-hybridized carbons (Fsp3) is 0.727. The normalized spacial score (nSPS) is 22.1. The number of halogens is 3. The highest BCUT2D eigenvalue weighted by Gasteiger charge is 2.42. The summed E-state index contributed by atoms with van der Waals surface area (Å²) >= 11 is 0. The van der Waals surface area contributed by atoms with Crippen molar-refractivity contribution in [1.29, 1.82) is 0 Å². The van der Waals surface area contributed by atoms with Gasteiger partial charge < -0.3 is 9.84 Å². The quantitative estimate of drug-likeness (QED) is 0.921. The van der Waals surface area contributed by atoms with Gasteiger partial charge in [-0.05, 0) is 26.7 Å². The van der Waals surface area contributed by atoms with Gasteiger partial charge in [0.05, 0.1) is 18.2 Å². The van der Waals surface area contributed by atoms with Gasteiger partial charge in [0, 0.05) is 0 Å². The molecule has 1 aromatic heterocycles. The lowest BCUT2D eigenvalue weighted by molar-refractivity contribution is -0.145. The minimum atomic E-state index is -4.83. The molecule has 1 aliphatic rings. The van der Waals surface area contributed by atoms with Crippen molar-refractivity contribution >= 4 is 5.97 Å². The van der Waals surface area contributed by atoms with Crippen LogP contribution in [0.4, 0.5) is 13.2 Å². The fourth-order valence-electron chi connectivity index (χ4n) is 2.26. The first-order valence-corrected chi connectivity index (χ1v) is 6.02. The Morgan fingerprint density at radius 2 is 2.20 bits per heavy atom. The maximum absolute atomic E-state index is 12.9. The maximum Gasteiger partial charge on any atom is 0.435 e. The van der Waals surface area contributed by atoms with Crippen molar-refractivity contribution in [2.45, 2.75) is 51.1 Å². The Labute approximate surface area is 112 Å². The van der Waals surface area contributed by atoms with E-state index in [9.17, 15) is 18.0 Å². The highest BCUT2D eigenvalue weighted by molar-refractivity contribution is 5.86. The molecule has 9 heteroatoms. The van der Waals surface area contributed by atoms with Crippen LogP contribution < -0.4 is 0 Å². The molecule has 2 heterocycles.